The molecule has 0 saturated carbocycles. The fourth-order valence-electron chi connectivity index (χ4n) is 9.11. The van der Waals surface area contributed by atoms with E-state index >= 15 is 0 Å². The first-order chi connectivity index (χ1) is 33.5. The average molecular weight is 958 g/mol. The summed E-state index contributed by atoms with van der Waals surface area (Å²) in [7, 11) is 0. The number of rotatable bonds is 56. The summed E-state index contributed by atoms with van der Waals surface area (Å²) in [4.78, 5) is 38.1. The van der Waals surface area contributed by atoms with E-state index in [0.29, 0.717) is 19.3 Å². The van der Waals surface area contributed by atoms with Crippen LogP contribution in [0.1, 0.15) is 335 Å². The number of ether oxygens (including phenoxy) is 3. The molecule has 68 heavy (non-hydrogen) atoms. The van der Waals surface area contributed by atoms with E-state index in [1.54, 1.807) is 0 Å². The van der Waals surface area contributed by atoms with E-state index in [1.165, 1.54) is 212 Å². The van der Waals surface area contributed by atoms with Gasteiger partial charge < -0.3 is 14.2 Å². The van der Waals surface area contributed by atoms with Gasteiger partial charge in [0.05, 0.1) is 0 Å². The zero-order chi connectivity index (χ0) is 49.3. The molecule has 0 bridgehead atoms. The van der Waals surface area contributed by atoms with E-state index in [9.17, 15) is 14.4 Å². The summed E-state index contributed by atoms with van der Waals surface area (Å²) in [5.74, 6) is -0.867. The molecule has 6 nitrogen and oxygen atoms in total. The highest BCUT2D eigenvalue weighted by Gasteiger charge is 2.19. The number of carbonyl (C=O) groups excluding carboxylic acids is 3. The molecule has 0 fully saturated rings. The fourth-order valence-corrected chi connectivity index (χ4v) is 9.11. The van der Waals surface area contributed by atoms with Gasteiger partial charge in [0.25, 0.3) is 0 Å². The van der Waals surface area contributed by atoms with Crippen LogP contribution in [0.3, 0.4) is 0 Å². The molecular weight excluding hydrogens is 841 g/mol. The molecule has 1 atom stereocenters. The van der Waals surface area contributed by atoms with Gasteiger partial charge in [0.1, 0.15) is 13.2 Å². The smallest absolute Gasteiger partial charge is 0.306 e. The maximum absolute atomic E-state index is 12.8. The van der Waals surface area contributed by atoms with Crippen LogP contribution in [0.4, 0.5) is 0 Å². The quantitative estimate of drug-likeness (QED) is 0.0262. The van der Waals surface area contributed by atoms with Crippen molar-refractivity contribution in [1.29, 1.82) is 0 Å². The van der Waals surface area contributed by atoms with E-state index in [0.717, 1.165) is 83.5 Å². The fraction of sp³-hybridized carbons (Fsp3) is 0.887. The molecule has 0 spiro atoms. The highest BCUT2D eigenvalue weighted by Crippen LogP contribution is 2.18. The van der Waals surface area contributed by atoms with Crippen LogP contribution in [-0.2, 0) is 28.6 Å². The van der Waals surface area contributed by atoms with Gasteiger partial charge in [0, 0.05) is 19.3 Å². The van der Waals surface area contributed by atoms with Crippen molar-refractivity contribution in [3.05, 3.63) is 24.3 Å². The van der Waals surface area contributed by atoms with Crippen LogP contribution in [0.5, 0.6) is 0 Å². The van der Waals surface area contributed by atoms with Crippen LogP contribution >= 0.6 is 0 Å². The molecule has 1 unspecified atom stereocenters. The minimum atomic E-state index is -0.773. The lowest BCUT2D eigenvalue weighted by molar-refractivity contribution is -0.167. The molecule has 0 heterocycles. The van der Waals surface area contributed by atoms with Crippen molar-refractivity contribution in [2.24, 2.45) is 0 Å². The van der Waals surface area contributed by atoms with E-state index < -0.39 is 6.10 Å². The van der Waals surface area contributed by atoms with Crippen LogP contribution in [0.2, 0.25) is 0 Å². The summed E-state index contributed by atoms with van der Waals surface area (Å²) in [5, 5.41) is 0. The molecular formula is C62H116O6. The summed E-state index contributed by atoms with van der Waals surface area (Å²) in [6.07, 6.45) is 67.7. The van der Waals surface area contributed by atoms with Gasteiger partial charge in [-0.2, -0.15) is 0 Å². The Morgan fingerprint density at radius 2 is 0.544 bits per heavy atom. The summed E-state index contributed by atoms with van der Waals surface area (Å²) in [6, 6.07) is 0. The minimum Gasteiger partial charge on any atom is -0.462 e. The third kappa shape index (κ3) is 54.8. The maximum atomic E-state index is 12.8. The standard InChI is InChI=1S/C62H116O6/c1-4-7-10-13-16-19-22-24-26-27-28-29-30-31-32-33-34-35-36-37-39-40-43-46-49-52-55-61(64)67-58-59(57-66-60(63)54-51-48-45-42-21-18-15-12-9-6-3)68-62(65)56-53-50-47-44-41-38-25-23-20-17-14-11-8-5-2/h14,17,23,25,59H,4-13,15-16,18-22,24,26-58H2,1-3H3/b17-14-,25-23-. The zero-order valence-corrected chi connectivity index (χ0v) is 45.9. The van der Waals surface area contributed by atoms with Crippen molar-refractivity contribution in [2.45, 2.75) is 341 Å². The Kier molecular flexibility index (Phi) is 55.7. The van der Waals surface area contributed by atoms with Crippen LogP contribution in [0, 0.1) is 0 Å². The molecule has 0 radical (unpaired) electrons. The molecule has 400 valence electrons. The Hall–Kier alpha value is -2.11. The first kappa shape index (κ1) is 65.9. The number of allylic oxidation sites excluding steroid dienone is 4. The summed E-state index contributed by atoms with van der Waals surface area (Å²) >= 11 is 0. The second-order valence-electron chi connectivity index (χ2n) is 20.6. The number of carbonyl (C=O) groups is 3. The Balaban J connectivity index is 4.13. The minimum absolute atomic E-state index is 0.0718. The average Bonchev–Trinajstić information content (AvgIpc) is 3.34. The van der Waals surface area contributed by atoms with E-state index in [1.807, 2.05) is 0 Å². The van der Waals surface area contributed by atoms with Gasteiger partial charge in [-0.05, 0) is 44.9 Å². The maximum Gasteiger partial charge on any atom is 0.306 e. The van der Waals surface area contributed by atoms with Crippen molar-refractivity contribution in [2.75, 3.05) is 13.2 Å². The van der Waals surface area contributed by atoms with E-state index in [2.05, 4.69) is 45.1 Å². The molecule has 0 aromatic heterocycles. The van der Waals surface area contributed by atoms with Crippen molar-refractivity contribution in [3.8, 4) is 0 Å². The highest BCUT2D eigenvalue weighted by molar-refractivity contribution is 5.71. The Morgan fingerprint density at radius 1 is 0.294 bits per heavy atom. The monoisotopic (exact) mass is 957 g/mol. The van der Waals surface area contributed by atoms with Crippen molar-refractivity contribution in [1.82, 2.24) is 0 Å². The number of hydrogen-bond donors (Lipinski definition) is 0. The van der Waals surface area contributed by atoms with Crippen LogP contribution in [0.15, 0.2) is 24.3 Å². The van der Waals surface area contributed by atoms with Gasteiger partial charge in [0.2, 0.25) is 0 Å². The molecule has 0 saturated heterocycles. The molecule has 0 aliphatic carbocycles. The lowest BCUT2D eigenvalue weighted by Gasteiger charge is -2.18. The first-order valence-electron chi connectivity index (χ1n) is 30.3. The molecule has 0 amide bonds. The third-order valence-electron chi connectivity index (χ3n) is 13.7. The second-order valence-corrected chi connectivity index (χ2v) is 20.6. The number of hydrogen-bond acceptors (Lipinski definition) is 6. The third-order valence-corrected chi connectivity index (χ3v) is 13.7. The topological polar surface area (TPSA) is 78.9 Å². The number of unbranched alkanes of at least 4 members (excludes halogenated alkanes) is 41. The predicted octanol–water partition coefficient (Wildman–Crippen LogP) is 20.3. The molecule has 0 rings (SSSR count). The molecule has 0 N–H and O–H groups in total. The van der Waals surface area contributed by atoms with Gasteiger partial charge in [-0.15, -0.1) is 0 Å². The van der Waals surface area contributed by atoms with Crippen molar-refractivity contribution in [3.63, 3.8) is 0 Å². The predicted molar refractivity (Wildman–Crippen MR) is 293 cm³/mol. The largest absolute Gasteiger partial charge is 0.462 e. The van der Waals surface area contributed by atoms with Crippen LogP contribution in [0.25, 0.3) is 0 Å². The zero-order valence-electron chi connectivity index (χ0n) is 45.9. The van der Waals surface area contributed by atoms with Gasteiger partial charge in [-0.1, -0.05) is 295 Å². The van der Waals surface area contributed by atoms with E-state index in [4.69, 9.17) is 14.2 Å². The summed E-state index contributed by atoms with van der Waals surface area (Å²) in [6.45, 7) is 6.63. The van der Waals surface area contributed by atoms with E-state index in [-0.39, 0.29) is 31.1 Å². The normalized spacial score (nSPS) is 12.1. The van der Waals surface area contributed by atoms with Gasteiger partial charge in [-0.3, -0.25) is 14.4 Å². The Bertz CT molecular complexity index is 1100. The molecule has 6 heteroatoms. The number of esters is 3. The second kappa shape index (κ2) is 57.5. The summed E-state index contributed by atoms with van der Waals surface area (Å²) < 4.78 is 16.8. The molecule has 0 aromatic carbocycles. The summed E-state index contributed by atoms with van der Waals surface area (Å²) in [5.41, 5.74) is 0. The Labute approximate surface area is 423 Å². The Morgan fingerprint density at radius 3 is 0.853 bits per heavy atom. The first-order valence-corrected chi connectivity index (χ1v) is 30.3. The molecule has 0 aliphatic heterocycles. The van der Waals surface area contributed by atoms with Gasteiger partial charge in [-0.25, -0.2) is 0 Å². The van der Waals surface area contributed by atoms with Crippen molar-refractivity contribution < 1.29 is 28.6 Å². The van der Waals surface area contributed by atoms with Gasteiger partial charge >= 0.3 is 17.9 Å². The van der Waals surface area contributed by atoms with Crippen LogP contribution in [-0.4, -0.2) is 37.2 Å². The van der Waals surface area contributed by atoms with Crippen LogP contribution < -0.4 is 0 Å². The van der Waals surface area contributed by atoms with Crippen molar-refractivity contribution >= 4 is 17.9 Å². The van der Waals surface area contributed by atoms with Gasteiger partial charge in [0.15, 0.2) is 6.10 Å². The molecule has 0 aliphatic rings. The highest BCUT2D eigenvalue weighted by atomic mass is 16.6. The molecule has 0 aromatic rings. The SMILES string of the molecule is CCCC/C=C\C/C=C\CCCCCCCC(=O)OC(COC(=O)CCCCCCCCCCCC)COC(=O)CCCCCCCCCCCCCCCCCCCCCCCCCCCC. The lowest BCUT2D eigenvalue weighted by Crippen LogP contribution is -2.30. The lowest BCUT2D eigenvalue weighted by atomic mass is 10.0.